The number of aryl methyl sites for hydroxylation is 2. The molecule has 0 heterocycles. The fraction of sp³-hybridized carbons (Fsp3) is 0.438. The van der Waals surface area contributed by atoms with E-state index in [-0.39, 0.29) is 21.2 Å². The maximum Gasteiger partial charge on any atom is 0.422 e. The van der Waals surface area contributed by atoms with E-state index in [9.17, 15) is 52.7 Å². The van der Waals surface area contributed by atoms with Gasteiger partial charge in [0.05, 0.1) is 0 Å². The van der Waals surface area contributed by atoms with E-state index in [2.05, 4.69) is 62.4 Å². The number of benzene rings is 6. The normalized spacial score (nSPS) is 12.5. The minimum absolute atomic E-state index is 0.0574. The fourth-order valence-corrected chi connectivity index (χ4v) is 13.3. The van der Waals surface area contributed by atoms with Crippen LogP contribution in [0.5, 0.6) is 0 Å². The van der Waals surface area contributed by atoms with Gasteiger partial charge in [-0.05, 0) is 61.1 Å². The average Bonchev–Trinajstić information content (AvgIpc) is 0.677. The molecule has 0 atom stereocenters. The number of rotatable bonds is 28. The average molecular weight is 1500 g/mol. The van der Waals surface area contributed by atoms with Crippen LogP contribution in [0.15, 0.2) is 48.5 Å². The molecule has 520 valence electrons. The minimum atomic E-state index is -8.18. The highest BCUT2D eigenvalue weighted by atomic mass is 127. The Morgan fingerprint density at radius 1 is 0.245 bits per heavy atom. The Labute approximate surface area is 532 Å². The van der Waals surface area contributed by atoms with Gasteiger partial charge in [0.25, 0.3) is 0 Å². The molecular weight excluding hydrogens is 1440 g/mol. The molecule has 0 aromatic heterocycles. The van der Waals surface area contributed by atoms with Crippen LogP contribution < -0.4 is 43.1 Å². The third-order valence-electron chi connectivity index (χ3n) is 15.7. The quantitative estimate of drug-likeness (QED) is 0.0151. The molecule has 0 amide bonds. The van der Waals surface area contributed by atoms with Crippen LogP contribution in [-0.2, 0) is 37.5 Å². The molecule has 0 bridgehead atoms. The van der Waals surface area contributed by atoms with Gasteiger partial charge in [-0.15, -0.1) is 21.9 Å². The van der Waals surface area contributed by atoms with Gasteiger partial charge in [0, 0.05) is 0 Å². The highest BCUT2D eigenvalue weighted by molar-refractivity contribution is 7.20. The molecule has 0 N–H and O–H groups in total. The van der Waals surface area contributed by atoms with Crippen LogP contribution in [0.25, 0.3) is 0 Å². The van der Waals surface area contributed by atoms with Gasteiger partial charge in [-0.1, -0.05) is 154 Å². The molecule has 30 heteroatoms. The van der Waals surface area contributed by atoms with E-state index in [4.69, 9.17) is 0 Å². The Hall–Kier alpha value is -5.85. The van der Waals surface area contributed by atoms with Crippen molar-refractivity contribution < 1.29 is 144 Å². The number of halogens is 29. The SMILES string of the molecule is CCCCCCCCCCCCc1ccc([I+]c2ccc(CCCCCCCCCCCC)cc2)cc1.Fc1c(F)c(C(F)(F)F)c(F)c(F)c1[B-](c1c(F)c(F)c(C(F)(F)F)c(F)c1F)(c1c(F)c(F)c(C(F)(F)F)c(F)c1F)c1c(F)c(F)c(C(F)(F)F)c(F)c1F. The second-order valence-corrected chi connectivity index (χ2v) is 25.3. The summed E-state index contributed by atoms with van der Waals surface area (Å²) in [4.78, 5) is 0. The second-order valence-electron chi connectivity index (χ2n) is 22.2. The largest absolute Gasteiger partial charge is 0.422 e. The summed E-state index contributed by atoms with van der Waals surface area (Å²) in [5.41, 5.74) is -30.4. The molecule has 0 aliphatic carbocycles. The van der Waals surface area contributed by atoms with E-state index in [1.807, 2.05) is 0 Å². The van der Waals surface area contributed by atoms with E-state index in [1.54, 1.807) is 7.14 Å². The molecule has 0 fully saturated rings. The highest BCUT2D eigenvalue weighted by Gasteiger charge is 2.56. The number of alkyl halides is 12. The van der Waals surface area contributed by atoms with Crippen molar-refractivity contribution in [3.63, 3.8) is 0 Å². The smallest absolute Gasteiger partial charge is 0.207 e. The Balaban J connectivity index is 0.000000374. The maximum atomic E-state index is 15.9. The van der Waals surface area contributed by atoms with Crippen LogP contribution >= 0.6 is 0 Å². The predicted octanol–water partition coefficient (Wildman–Crippen LogP) is 18.1. The van der Waals surface area contributed by atoms with Crippen LogP contribution in [0.3, 0.4) is 0 Å². The fourth-order valence-electron chi connectivity index (χ4n) is 11.2. The lowest BCUT2D eigenvalue weighted by atomic mass is 9.12. The van der Waals surface area contributed by atoms with Crippen molar-refractivity contribution in [3.05, 3.63) is 182 Å². The van der Waals surface area contributed by atoms with E-state index in [0.29, 0.717) is 0 Å². The Kier molecular flexibility index (Phi) is 28.0. The summed E-state index contributed by atoms with van der Waals surface area (Å²) in [7, 11) is 0. The van der Waals surface area contributed by atoms with Crippen molar-refractivity contribution in [2.24, 2.45) is 0 Å². The first-order valence-electron chi connectivity index (χ1n) is 29.6. The number of hydrogen-bond acceptors (Lipinski definition) is 0. The van der Waals surface area contributed by atoms with Crippen molar-refractivity contribution in [2.75, 3.05) is 0 Å². The predicted molar refractivity (Wildman–Crippen MR) is 291 cm³/mol. The van der Waals surface area contributed by atoms with E-state index < -0.39 is 168 Å². The third kappa shape index (κ3) is 18.0. The van der Waals surface area contributed by atoms with Gasteiger partial charge < -0.3 is 0 Å². The lowest BCUT2D eigenvalue weighted by Crippen LogP contribution is -3.61. The first-order valence-corrected chi connectivity index (χ1v) is 31.7. The summed E-state index contributed by atoms with van der Waals surface area (Å²) >= 11 is -0.0574. The summed E-state index contributed by atoms with van der Waals surface area (Å²) in [6.45, 7) is 4.60. The molecule has 0 aliphatic rings. The molecule has 6 aromatic carbocycles. The molecule has 0 radical (unpaired) electrons. The van der Waals surface area contributed by atoms with Crippen molar-refractivity contribution in [1.82, 2.24) is 0 Å². The monoisotopic (exact) mass is 1500 g/mol. The summed E-state index contributed by atoms with van der Waals surface area (Å²) in [5.74, 6) is -69.9. The zero-order valence-electron chi connectivity index (χ0n) is 49.7. The maximum absolute atomic E-state index is 15.9. The van der Waals surface area contributed by atoms with E-state index >= 15 is 70.2 Å². The Bertz CT molecular complexity index is 3020. The zero-order chi connectivity index (χ0) is 70.6. The topological polar surface area (TPSA) is 0 Å². The van der Waals surface area contributed by atoms with E-state index in [0.717, 1.165) is 0 Å². The van der Waals surface area contributed by atoms with Crippen LogP contribution in [0.1, 0.15) is 176 Å². The lowest BCUT2D eigenvalue weighted by Gasteiger charge is -2.45. The first-order chi connectivity index (χ1) is 43.9. The van der Waals surface area contributed by atoms with Crippen molar-refractivity contribution in [3.8, 4) is 0 Å². The molecule has 0 nitrogen and oxygen atoms in total. The highest BCUT2D eigenvalue weighted by Crippen LogP contribution is 2.42. The van der Waals surface area contributed by atoms with Gasteiger partial charge in [-0.2, -0.15) is 52.7 Å². The number of hydrogen-bond donors (Lipinski definition) is 0. The molecule has 0 saturated carbocycles. The van der Waals surface area contributed by atoms with Gasteiger partial charge in [-0.3, -0.25) is 0 Å². The van der Waals surface area contributed by atoms with Crippen LogP contribution in [0.4, 0.5) is 123 Å². The molecule has 0 unspecified atom stereocenters. The van der Waals surface area contributed by atoms with Crippen LogP contribution in [0, 0.1) is 100 Å². The molecular formula is C64H58BF28I. The molecule has 6 aromatic rings. The molecule has 0 saturated heterocycles. The van der Waals surface area contributed by atoms with Crippen LogP contribution in [-0.4, -0.2) is 6.15 Å². The van der Waals surface area contributed by atoms with Gasteiger partial charge in [-0.25, -0.2) is 70.2 Å². The van der Waals surface area contributed by atoms with Gasteiger partial charge in [0.1, 0.15) is 74.9 Å². The number of unbranched alkanes of at least 4 members (excludes halogenated alkanes) is 18. The van der Waals surface area contributed by atoms with Crippen molar-refractivity contribution in [2.45, 2.75) is 180 Å². The molecule has 94 heavy (non-hydrogen) atoms. The summed E-state index contributed by atoms with van der Waals surface area (Å²) in [6, 6.07) is 19.2. The standard InChI is InChI=1S/C36H58I.C28BF28/c1-3-5-7-9-11-13-15-17-19-21-23-33-25-29-35(30-26-33)37-36-31-27-34(28-32-36)24-22-20-18-16-14-12-10-8-6-4-2;30-9-1(25(46,47)48)10(31)18(39)5(17(9)38)29(6-19(40)11(32)2(26(49,50)51)12(33)20(6)41,7-21(42)13(34)3(27(52,53)54)14(35)22(7)43)8-23(44)15(36)4(28(55,56)57)16(37)24(8)45/h25-32H,3-24H2,1-2H3;/q+1;-1. The van der Waals surface area contributed by atoms with Gasteiger partial charge in [0.15, 0.2) is 53.7 Å². The molecule has 0 aliphatic heterocycles. The van der Waals surface area contributed by atoms with Gasteiger partial charge >= 0.3 is 45.9 Å². The Morgan fingerprint density at radius 2 is 0.415 bits per heavy atom. The minimum Gasteiger partial charge on any atom is -0.207 e. The summed E-state index contributed by atoms with van der Waals surface area (Å²) in [6.07, 6.45) is -4.87. The molecule has 6 rings (SSSR count). The van der Waals surface area contributed by atoms with Crippen molar-refractivity contribution in [1.29, 1.82) is 0 Å². The summed E-state index contributed by atoms with van der Waals surface area (Å²) < 4.78 is 412. The van der Waals surface area contributed by atoms with E-state index in [1.165, 1.54) is 152 Å². The van der Waals surface area contributed by atoms with Crippen LogP contribution in [0.2, 0.25) is 0 Å². The summed E-state index contributed by atoms with van der Waals surface area (Å²) in [5, 5.41) is 0. The second kappa shape index (κ2) is 33.4. The van der Waals surface area contributed by atoms with Gasteiger partial charge in [0.2, 0.25) is 0 Å². The van der Waals surface area contributed by atoms with Crippen molar-refractivity contribution >= 4 is 28.0 Å². The third-order valence-corrected chi connectivity index (χ3v) is 18.4. The first kappa shape index (κ1) is 78.8. The Morgan fingerprint density at radius 3 is 0.585 bits per heavy atom. The molecule has 0 spiro atoms. The zero-order valence-corrected chi connectivity index (χ0v) is 51.9. The lowest BCUT2D eigenvalue weighted by molar-refractivity contribution is -0.597.